The lowest BCUT2D eigenvalue weighted by Gasteiger charge is -2.48. The third kappa shape index (κ3) is 5.96. The van der Waals surface area contributed by atoms with Gasteiger partial charge < -0.3 is 15.0 Å². The summed E-state index contributed by atoms with van der Waals surface area (Å²) >= 11 is 1.27. The first-order valence-electron chi connectivity index (χ1n) is 13.2. The number of hydrogen-bond acceptors (Lipinski definition) is 8. The van der Waals surface area contributed by atoms with Crippen molar-refractivity contribution in [2.24, 2.45) is 0 Å². The summed E-state index contributed by atoms with van der Waals surface area (Å²) in [6.45, 7) is 9.84. The smallest absolute Gasteiger partial charge is 0.408 e. The van der Waals surface area contributed by atoms with Crippen molar-refractivity contribution >= 4 is 28.3 Å². The molecule has 10 nitrogen and oxygen atoms in total. The number of thiazole rings is 1. The topological polar surface area (TPSA) is 111 Å². The van der Waals surface area contributed by atoms with Gasteiger partial charge in [-0.1, -0.05) is 17.4 Å². The van der Waals surface area contributed by atoms with E-state index < -0.39 is 34.6 Å². The summed E-state index contributed by atoms with van der Waals surface area (Å²) < 4.78 is 35.6. The van der Waals surface area contributed by atoms with Crippen LogP contribution in [0.4, 0.5) is 18.7 Å². The van der Waals surface area contributed by atoms with Gasteiger partial charge in [-0.2, -0.15) is 9.78 Å². The molecule has 0 aliphatic carbocycles. The maximum Gasteiger partial charge on any atom is 0.408 e. The number of ether oxygens (including phenoxy) is 1. The number of amides is 1. The molecule has 220 valence electrons. The fraction of sp³-hybridized carbons (Fsp3) is 0.345. The van der Waals surface area contributed by atoms with Crippen LogP contribution in [0.15, 0.2) is 53.6 Å². The molecule has 0 bridgehead atoms. The SMILES string of the molecule is Cc1nc(N2CC(C)(NC(=O)OC(C)(C)C)C2)sc1C(=O)c1ccc(-n2ncn(Cc3c(F)cccc3F)c2=O)cc1. The Kier molecular flexibility index (Phi) is 7.48. The van der Waals surface area contributed by atoms with Crippen LogP contribution in [0, 0.1) is 18.6 Å². The van der Waals surface area contributed by atoms with Crippen LogP contribution in [0.3, 0.4) is 0 Å². The van der Waals surface area contributed by atoms with E-state index in [0.717, 1.165) is 21.4 Å². The van der Waals surface area contributed by atoms with Crippen LogP contribution < -0.4 is 15.9 Å². The molecule has 5 rings (SSSR count). The van der Waals surface area contributed by atoms with Crippen LogP contribution >= 0.6 is 11.3 Å². The van der Waals surface area contributed by atoms with Crippen LogP contribution in [0.2, 0.25) is 0 Å². The highest BCUT2D eigenvalue weighted by molar-refractivity contribution is 7.17. The maximum atomic E-state index is 14.0. The van der Waals surface area contributed by atoms with Gasteiger partial charge in [0.15, 0.2) is 5.13 Å². The van der Waals surface area contributed by atoms with E-state index in [-0.39, 0.29) is 17.9 Å². The van der Waals surface area contributed by atoms with Crippen LogP contribution in [0.25, 0.3) is 5.69 Å². The molecule has 0 spiro atoms. The van der Waals surface area contributed by atoms with Gasteiger partial charge in [-0.3, -0.25) is 9.36 Å². The van der Waals surface area contributed by atoms with Gasteiger partial charge in [-0.25, -0.2) is 23.4 Å². The molecule has 1 aliphatic heterocycles. The Balaban J connectivity index is 1.26. The third-order valence-electron chi connectivity index (χ3n) is 6.64. The van der Waals surface area contributed by atoms with Gasteiger partial charge in [0.25, 0.3) is 0 Å². The molecule has 0 unspecified atom stereocenters. The number of hydrogen-bond donors (Lipinski definition) is 1. The highest BCUT2D eigenvalue weighted by atomic mass is 32.1. The van der Waals surface area contributed by atoms with Crippen LogP contribution in [0.1, 0.15) is 54.2 Å². The molecule has 1 saturated heterocycles. The molecule has 1 amide bonds. The molecule has 0 atom stereocenters. The van der Waals surface area contributed by atoms with Gasteiger partial charge in [0.1, 0.15) is 23.6 Å². The lowest BCUT2D eigenvalue weighted by Crippen LogP contribution is -2.69. The van der Waals surface area contributed by atoms with E-state index >= 15 is 0 Å². The predicted octanol–water partition coefficient (Wildman–Crippen LogP) is 4.46. The quantitative estimate of drug-likeness (QED) is 0.314. The average Bonchev–Trinajstić information content (AvgIpc) is 3.45. The summed E-state index contributed by atoms with van der Waals surface area (Å²) in [5.41, 5.74) is -0.500. The summed E-state index contributed by atoms with van der Waals surface area (Å²) in [5.74, 6) is -1.72. The molecule has 1 fully saturated rings. The fourth-order valence-corrected chi connectivity index (χ4v) is 5.67. The van der Waals surface area contributed by atoms with Gasteiger partial charge in [-0.05, 0) is 71.0 Å². The summed E-state index contributed by atoms with van der Waals surface area (Å²) in [4.78, 5) is 45.4. The molecule has 42 heavy (non-hydrogen) atoms. The molecule has 13 heteroatoms. The number of halogens is 2. The number of ketones is 1. The number of benzene rings is 2. The van der Waals surface area contributed by atoms with Crippen molar-refractivity contribution in [3.05, 3.63) is 92.6 Å². The Morgan fingerprint density at radius 3 is 2.36 bits per heavy atom. The van der Waals surface area contributed by atoms with Crippen molar-refractivity contribution in [1.82, 2.24) is 24.6 Å². The van der Waals surface area contributed by atoms with Gasteiger partial charge in [0, 0.05) is 24.2 Å². The van der Waals surface area contributed by atoms with Crippen molar-refractivity contribution in [3.63, 3.8) is 0 Å². The number of anilines is 1. The summed E-state index contributed by atoms with van der Waals surface area (Å²) in [6, 6.07) is 9.84. The fourth-order valence-electron chi connectivity index (χ4n) is 4.65. The summed E-state index contributed by atoms with van der Waals surface area (Å²) in [6.07, 6.45) is 0.728. The molecular formula is C29H30F2N6O4S. The third-order valence-corrected chi connectivity index (χ3v) is 7.86. The number of alkyl carbamates (subject to hydrolysis) is 1. The molecule has 2 aromatic heterocycles. The normalized spacial score (nSPS) is 14.4. The zero-order chi connectivity index (χ0) is 30.4. The Bertz CT molecular complexity index is 1690. The Labute approximate surface area is 244 Å². The molecule has 0 saturated carbocycles. The number of carbonyl (C=O) groups excluding carboxylic acids is 2. The van der Waals surface area contributed by atoms with E-state index in [1.165, 1.54) is 23.7 Å². The minimum Gasteiger partial charge on any atom is -0.444 e. The number of aryl methyl sites for hydroxylation is 1. The van der Waals surface area contributed by atoms with Crippen LogP contribution in [-0.4, -0.2) is 55.4 Å². The van der Waals surface area contributed by atoms with Gasteiger partial charge in [0.05, 0.1) is 28.3 Å². The van der Waals surface area contributed by atoms with Crippen molar-refractivity contribution in [1.29, 1.82) is 0 Å². The van der Waals surface area contributed by atoms with Crippen molar-refractivity contribution in [2.45, 2.75) is 52.3 Å². The highest BCUT2D eigenvalue weighted by Gasteiger charge is 2.42. The zero-order valence-electron chi connectivity index (χ0n) is 23.8. The first-order chi connectivity index (χ1) is 19.7. The van der Waals surface area contributed by atoms with E-state index in [4.69, 9.17) is 4.74 Å². The van der Waals surface area contributed by atoms with E-state index in [1.54, 1.807) is 52.0 Å². The van der Waals surface area contributed by atoms with Crippen LogP contribution in [0.5, 0.6) is 0 Å². The van der Waals surface area contributed by atoms with Crippen molar-refractivity contribution in [3.8, 4) is 5.69 Å². The largest absolute Gasteiger partial charge is 0.444 e. The molecular weight excluding hydrogens is 566 g/mol. The van der Waals surface area contributed by atoms with Crippen LogP contribution in [-0.2, 0) is 11.3 Å². The van der Waals surface area contributed by atoms with Crippen molar-refractivity contribution in [2.75, 3.05) is 18.0 Å². The van der Waals surface area contributed by atoms with Gasteiger partial charge in [0.2, 0.25) is 5.78 Å². The molecule has 4 aromatic rings. The summed E-state index contributed by atoms with van der Waals surface area (Å²) in [7, 11) is 0. The number of nitrogens with zero attached hydrogens (tertiary/aromatic N) is 5. The molecule has 1 N–H and O–H groups in total. The molecule has 0 radical (unpaired) electrons. The highest BCUT2D eigenvalue weighted by Crippen LogP contribution is 2.34. The second-order valence-corrected chi connectivity index (χ2v) is 12.5. The van der Waals surface area contributed by atoms with E-state index in [9.17, 15) is 23.2 Å². The van der Waals surface area contributed by atoms with E-state index in [0.29, 0.717) is 40.0 Å². The first-order valence-corrected chi connectivity index (χ1v) is 14.0. The van der Waals surface area contributed by atoms with Gasteiger partial charge in [-0.15, -0.1) is 0 Å². The second kappa shape index (κ2) is 10.8. The van der Waals surface area contributed by atoms with Gasteiger partial charge >= 0.3 is 11.8 Å². The van der Waals surface area contributed by atoms with E-state index in [2.05, 4.69) is 15.4 Å². The zero-order valence-corrected chi connectivity index (χ0v) is 24.6. The number of aromatic nitrogens is 4. The van der Waals surface area contributed by atoms with E-state index in [1.807, 2.05) is 11.8 Å². The standard InChI is InChI=1S/C29H30F2N6O4S/c1-17-24(42-25(33-17)36-14-29(5,15-36)34-26(39)41-28(2,3)4)23(38)18-9-11-19(12-10-18)37-27(40)35(16-32-37)13-20-21(30)7-6-8-22(20)31/h6-12,16H,13-15H2,1-5H3,(H,34,39). The Morgan fingerprint density at radius 1 is 1.10 bits per heavy atom. The second-order valence-electron chi connectivity index (χ2n) is 11.5. The Morgan fingerprint density at radius 2 is 1.74 bits per heavy atom. The minimum atomic E-state index is -0.750. The minimum absolute atomic E-state index is 0.217. The maximum absolute atomic E-state index is 14.0. The monoisotopic (exact) mass is 596 g/mol. The lowest BCUT2D eigenvalue weighted by molar-refractivity contribution is 0.0445. The summed E-state index contributed by atoms with van der Waals surface area (Å²) in [5, 5.41) is 7.65. The molecule has 2 aromatic carbocycles. The number of carbonyl (C=O) groups is 2. The first kappa shape index (κ1) is 29.1. The number of nitrogens with one attached hydrogen (secondary N) is 1. The number of rotatable bonds is 7. The lowest BCUT2D eigenvalue weighted by atomic mass is 9.93. The molecule has 3 heterocycles. The predicted molar refractivity (Wildman–Crippen MR) is 154 cm³/mol. The average molecular weight is 597 g/mol. The molecule has 1 aliphatic rings. The van der Waals surface area contributed by atoms with Crippen molar-refractivity contribution < 1.29 is 23.1 Å². The Hall–Kier alpha value is -4.39.